The van der Waals surface area contributed by atoms with Crippen molar-refractivity contribution in [1.29, 1.82) is 0 Å². The number of aliphatic hydroxyl groups is 1. The molecule has 3 rings (SSSR count). The predicted molar refractivity (Wildman–Crippen MR) is 109 cm³/mol. The monoisotopic (exact) mass is 527 g/mol. The zero-order valence-corrected chi connectivity index (χ0v) is 18.9. The van der Waals surface area contributed by atoms with E-state index in [4.69, 9.17) is 19.7 Å². The van der Waals surface area contributed by atoms with Crippen LogP contribution in [0.5, 0.6) is 0 Å². The van der Waals surface area contributed by atoms with E-state index in [0.717, 1.165) is 0 Å². The van der Waals surface area contributed by atoms with Crippen molar-refractivity contribution in [1.82, 2.24) is 4.72 Å². The summed E-state index contributed by atoms with van der Waals surface area (Å²) in [4.78, 5) is 20.6. The van der Waals surface area contributed by atoms with Gasteiger partial charge < -0.3 is 24.8 Å². The highest BCUT2D eigenvalue weighted by Gasteiger charge is 2.51. The lowest BCUT2D eigenvalue weighted by Crippen LogP contribution is -2.51. The molecule has 1 aliphatic carbocycles. The molecule has 1 fully saturated rings. The summed E-state index contributed by atoms with van der Waals surface area (Å²) in [7, 11) is -5.13. The average molecular weight is 527 g/mol. The Labute approximate surface area is 196 Å². The number of hydrogen-bond donors (Lipinski definition) is 4. The molecule has 0 radical (unpaired) electrons. The molecule has 1 aliphatic heterocycles. The van der Waals surface area contributed by atoms with E-state index in [9.17, 15) is 40.7 Å². The van der Waals surface area contributed by atoms with E-state index < -0.39 is 67.9 Å². The maximum atomic E-state index is 12.7. The Bertz CT molecular complexity index is 1150. The number of hydrogen-bond acceptors (Lipinski definition) is 7. The third kappa shape index (κ3) is 7.08. The van der Waals surface area contributed by atoms with Crippen LogP contribution < -0.4 is 4.72 Å². The summed E-state index contributed by atoms with van der Waals surface area (Å²) in [6.45, 7) is 3.63. The maximum Gasteiger partial charge on any atom is 0.470 e. The summed E-state index contributed by atoms with van der Waals surface area (Å²) >= 11 is 0. The Morgan fingerprint density at radius 3 is 2.29 bits per heavy atom. The number of alkyl halides is 3. The smallest absolute Gasteiger partial charge is 0.470 e. The molecule has 3 atom stereocenters. The van der Waals surface area contributed by atoms with Crippen molar-refractivity contribution in [2.24, 2.45) is 5.92 Å². The summed E-state index contributed by atoms with van der Waals surface area (Å²) in [6, 6.07) is 1.29. The van der Waals surface area contributed by atoms with E-state index in [0.29, 0.717) is 22.9 Å². The van der Waals surface area contributed by atoms with Crippen molar-refractivity contribution in [3.05, 3.63) is 53.9 Å². The third-order valence-corrected chi connectivity index (χ3v) is 6.21. The summed E-state index contributed by atoms with van der Waals surface area (Å²) in [5.41, 5.74) is -2.65. The van der Waals surface area contributed by atoms with Crippen molar-refractivity contribution in [2.45, 2.75) is 42.5 Å². The highest BCUT2D eigenvalue weighted by atomic mass is 32.2. The van der Waals surface area contributed by atoms with Gasteiger partial charge in [-0.05, 0) is 38.1 Å². The third-order valence-electron chi connectivity index (χ3n) is 4.78. The van der Waals surface area contributed by atoms with Gasteiger partial charge in [-0.1, -0.05) is 18.2 Å². The van der Waals surface area contributed by atoms with Crippen LogP contribution in [0.2, 0.25) is 0 Å². The number of nitrogens with one attached hydrogen (secondary N) is 1. The number of halogens is 4. The number of carboxylic acid groups (broad SMARTS) is 2. The standard InChI is InChI=1S/C12H16O5.C8H5F4NO4S/c1-11(2)16-7-9(17-11)12(15)6-4-3-5-8(12)10(13)14;9-4-1-2-6(5(3-4)7(14)15)18(16,17)13-8(10,11)12/h3-6,8-9,15H,7H2,1-2H3,(H,13,14);1-3,13H,(H,14,15). The van der Waals surface area contributed by atoms with Crippen LogP contribution in [0.4, 0.5) is 17.6 Å². The van der Waals surface area contributed by atoms with E-state index in [1.807, 2.05) is 0 Å². The number of carboxylic acids is 2. The second-order valence-corrected chi connectivity index (χ2v) is 9.46. The zero-order chi connectivity index (χ0) is 26.8. The first kappa shape index (κ1) is 28.4. The van der Waals surface area contributed by atoms with Crippen molar-refractivity contribution in [2.75, 3.05) is 6.61 Å². The minimum atomic E-state index is -5.26. The van der Waals surface area contributed by atoms with E-state index in [2.05, 4.69) is 0 Å². The molecule has 35 heavy (non-hydrogen) atoms. The Morgan fingerprint density at radius 1 is 1.17 bits per heavy atom. The molecule has 1 aromatic rings. The Hall–Kier alpha value is -2.85. The van der Waals surface area contributed by atoms with Crippen LogP contribution >= 0.6 is 0 Å². The molecule has 10 nitrogen and oxygen atoms in total. The predicted octanol–water partition coefficient (Wildman–Crippen LogP) is 2.02. The van der Waals surface area contributed by atoms with Crippen LogP contribution in [0.3, 0.4) is 0 Å². The number of ether oxygens (including phenoxy) is 2. The maximum absolute atomic E-state index is 12.7. The topological polar surface area (TPSA) is 159 Å². The van der Waals surface area contributed by atoms with Gasteiger partial charge in [0.25, 0.3) is 0 Å². The number of aromatic carboxylic acids is 1. The number of sulfonamides is 1. The fourth-order valence-corrected chi connectivity index (χ4v) is 4.35. The van der Waals surface area contributed by atoms with Gasteiger partial charge in [-0.15, -0.1) is 4.72 Å². The highest BCUT2D eigenvalue weighted by Crippen LogP contribution is 2.36. The van der Waals surface area contributed by atoms with Crippen LogP contribution in [-0.4, -0.2) is 66.1 Å². The van der Waals surface area contributed by atoms with Gasteiger partial charge >= 0.3 is 18.2 Å². The second-order valence-electron chi connectivity index (χ2n) is 7.81. The van der Waals surface area contributed by atoms with Gasteiger partial charge in [0, 0.05) is 0 Å². The Kier molecular flexibility index (Phi) is 8.13. The zero-order valence-electron chi connectivity index (χ0n) is 18.1. The van der Waals surface area contributed by atoms with E-state index >= 15 is 0 Å². The molecule has 3 unspecified atom stereocenters. The van der Waals surface area contributed by atoms with Crippen LogP contribution in [0.1, 0.15) is 24.2 Å². The molecule has 194 valence electrons. The van der Waals surface area contributed by atoms with Gasteiger partial charge in [-0.3, -0.25) is 4.79 Å². The lowest BCUT2D eigenvalue weighted by Gasteiger charge is -2.35. The summed E-state index contributed by atoms with van der Waals surface area (Å²) in [6.07, 6.45) is 0.198. The van der Waals surface area contributed by atoms with Crippen molar-refractivity contribution >= 4 is 22.0 Å². The molecule has 0 aromatic heterocycles. The van der Waals surface area contributed by atoms with Crippen molar-refractivity contribution in [3.8, 4) is 0 Å². The van der Waals surface area contributed by atoms with Crippen molar-refractivity contribution in [3.63, 3.8) is 0 Å². The average Bonchev–Trinajstić information content (AvgIpc) is 3.07. The van der Waals surface area contributed by atoms with Crippen LogP contribution in [-0.2, 0) is 24.3 Å². The van der Waals surface area contributed by atoms with Gasteiger partial charge in [0.05, 0.1) is 17.1 Å². The molecule has 4 N–H and O–H groups in total. The molecule has 1 aromatic carbocycles. The number of rotatable bonds is 5. The normalized spacial score (nSPS) is 25.6. The molecule has 0 saturated carbocycles. The van der Waals surface area contributed by atoms with Crippen LogP contribution in [0, 0.1) is 11.7 Å². The fraction of sp³-hybridized carbons (Fsp3) is 0.400. The molecule has 1 saturated heterocycles. The number of aliphatic carboxylic acids is 1. The Balaban J connectivity index is 0.000000247. The summed E-state index contributed by atoms with van der Waals surface area (Å²) in [5, 5.41) is 28.2. The number of allylic oxidation sites excluding steroid dienone is 2. The highest BCUT2D eigenvalue weighted by molar-refractivity contribution is 7.89. The van der Waals surface area contributed by atoms with Gasteiger partial charge in [0.15, 0.2) is 5.79 Å². The second kappa shape index (κ2) is 10.0. The van der Waals surface area contributed by atoms with Crippen molar-refractivity contribution < 1.29 is 60.4 Å². The SMILES string of the molecule is CC1(C)OCC(C2(O)C=CC=CC2C(=O)O)O1.O=C(O)c1cc(F)ccc1S(=O)(=O)NC(F)(F)F. The largest absolute Gasteiger partial charge is 0.481 e. The van der Waals surface area contributed by atoms with Gasteiger partial charge in [0.1, 0.15) is 23.4 Å². The summed E-state index contributed by atoms with van der Waals surface area (Å²) < 4.78 is 82.3. The summed E-state index contributed by atoms with van der Waals surface area (Å²) in [5.74, 6) is -5.84. The first-order chi connectivity index (χ1) is 15.9. The minimum absolute atomic E-state index is 0.172. The fourth-order valence-electron chi connectivity index (χ4n) is 3.26. The molecular weight excluding hydrogens is 506 g/mol. The molecule has 15 heteroatoms. The minimum Gasteiger partial charge on any atom is -0.481 e. The van der Waals surface area contributed by atoms with Crippen LogP contribution in [0.25, 0.3) is 0 Å². The van der Waals surface area contributed by atoms with Crippen LogP contribution in [0.15, 0.2) is 47.4 Å². The van der Waals surface area contributed by atoms with E-state index in [1.54, 1.807) is 26.0 Å². The number of benzene rings is 1. The lowest BCUT2D eigenvalue weighted by atomic mass is 9.79. The lowest BCUT2D eigenvalue weighted by molar-refractivity contribution is -0.175. The van der Waals surface area contributed by atoms with Gasteiger partial charge in [0.2, 0.25) is 10.0 Å². The molecular formula is C20H21F4NO9S. The van der Waals surface area contributed by atoms with E-state index in [-0.39, 0.29) is 6.61 Å². The number of carbonyl (C=O) groups is 2. The Morgan fingerprint density at radius 2 is 1.80 bits per heavy atom. The molecule has 0 amide bonds. The first-order valence-electron chi connectivity index (χ1n) is 9.64. The van der Waals surface area contributed by atoms with E-state index in [1.165, 1.54) is 12.2 Å². The molecule has 0 bridgehead atoms. The molecule has 2 aliphatic rings. The molecule has 0 spiro atoms. The first-order valence-corrected chi connectivity index (χ1v) is 11.1. The molecule has 1 heterocycles. The van der Waals surface area contributed by atoms with Gasteiger partial charge in [-0.25, -0.2) is 17.6 Å². The quantitative estimate of drug-likeness (QED) is 0.332. The van der Waals surface area contributed by atoms with Gasteiger partial charge in [-0.2, -0.15) is 13.2 Å².